The zero-order valence-corrected chi connectivity index (χ0v) is 9.60. The van der Waals surface area contributed by atoms with Crippen LogP contribution in [-0.2, 0) is 0 Å². The number of hydrogen-bond donors (Lipinski definition) is 2. The number of urea groups is 1. The maximum absolute atomic E-state index is 10.5. The number of carbonyl (C=O) groups excluding carboxylic acids is 1. The van der Waals surface area contributed by atoms with Crippen LogP contribution in [0, 0.1) is 5.92 Å². The summed E-state index contributed by atoms with van der Waals surface area (Å²) < 4.78 is 0. The molecule has 0 saturated carbocycles. The van der Waals surface area contributed by atoms with Gasteiger partial charge < -0.3 is 5.73 Å². The SMILES string of the molecule is C[C@H]1C/C(=N\NC(N)=O)[C@H](C)[C@@H](C)S1. The number of hydrogen-bond acceptors (Lipinski definition) is 3. The van der Waals surface area contributed by atoms with Crippen molar-refractivity contribution < 1.29 is 4.79 Å². The zero-order valence-electron chi connectivity index (χ0n) is 8.78. The van der Waals surface area contributed by atoms with Crippen molar-refractivity contribution in [3.63, 3.8) is 0 Å². The van der Waals surface area contributed by atoms with E-state index in [1.807, 2.05) is 11.8 Å². The summed E-state index contributed by atoms with van der Waals surface area (Å²) in [6.45, 7) is 6.49. The Morgan fingerprint density at radius 3 is 2.79 bits per heavy atom. The molecule has 0 aromatic rings. The monoisotopic (exact) mass is 215 g/mol. The summed E-state index contributed by atoms with van der Waals surface area (Å²) in [4.78, 5) is 10.5. The number of nitrogens with one attached hydrogen (secondary N) is 1. The van der Waals surface area contributed by atoms with E-state index in [1.165, 1.54) is 0 Å². The normalized spacial score (nSPS) is 35.6. The van der Waals surface area contributed by atoms with Crippen molar-refractivity contribution in [1.82, 2.24) is 5.43 Å². The van der Waals surface area contributed by atoms with Crippen molar-refractivity contribution in [1.29, 1.82) is 0 Å². The van der Waals surface area contributed by atoms with Gasteiger partial charge in [0.1, 0.15) is 0 Å². The van der Waals surface area contributed by atoms with Crippen molar-refractivity contribution >= 4 is 23.5 Å². The molecule has 0 aromatic carbocycles. The van der Waals surface area contributed by atoms with Crippen molar-refractivity contribution in [2.45, 2.75) is 37.7 Å². The summed E-state index contributed by atoms with van der Waals surface area (Å²) in [7, 11) is 0. The van der Waals surface area contributed by atoms with Gasteiger partial charge in [-0.1, -0.05) is 20.8 Å². The lowest BCUT2D eigenvalue weighted by Crippen LogP contribution is -2.34. The first kappa shape index (κ1) is 11.4. The number of hydrazone groups is 1. The number of amides is 2. The smallest absolute Gasteiger partial charge is 0.332 e. The highest BCUT2D eigenvalue weighted by Crippen LogP contribution is 2.33. The molecule has 1 fully saturated rings. The third kappa shape index (κ3) is 2.90. The molecule has 0 aliphatic carbocycles. The second-order valence-electron chi connectivity index (χ2n) is 3.72. The third-order valence-electron chi connectivity index (χ3n) is 2.48. The van der Waals surface area contributed by atoms with Gasteiger partial charge in [0.2, 0.25) is 0 Å². The maximum Gasteiger partial charge on any atom is 0.332 e. The predicted molar refractivity (Wildman–Crippen MR) is 60.5 cm³/mol. The van der Waals surface area contributed by atoms with E-state index in [2.05, 4.69) is 31.3 Å². The van der Waals surface area contributed by atoms with Gasteiger partial charge in [-0.15, -0.1) is 0 Å². The average molecular weight is 215 g/mol. The van der Waals surface area contributed by atoms with Crippen LogP contribution in [0.3, 0.4) is 0 Å². The Labute approximate surface area is 88.7 Å². The number of thioether (sulfide) groups is 1. The van der Waals surface area contributed by atoms with Crippen LogP contribution in [0.15, 0.2) is 5.10 Å². The van der Waals surface area contributed by atoms with Gasteiger partial charge in [0.15, 0.2) is 0 Å². The molecule has 1 heterocycles. The number of nitrogens with zero attached hydrogens (tertiary/aromatic N) is 1. The zero-order chi connectivity index (χ0) is 10.7. The second-order valence-corrected chi connectivity index (χ2v) is 5.54. The van der Waals surface area contributed by atoms with E-state index in [4.69, 9.17) is 5.73 Å². The topological polar surface area (TPSA) is 67.5 Å². The summed E-state index contributed by atoms with van der Waals surface area (Å²) in [5.74, 6) is 0.406. The first-order valence-electron chi connectivity index (χ1n) is 4.78. The Morgan fingerprint density at radius 2 is 2.21 bits per heavy atom. The van der Waals surface area contributed by atoms with Crippen LogP contribution in [0.4, 0.5) is 4.79 Å². The molecule has 1 aliphatic rings. The molecular weight excluding hydrogens is 198 g/mol. The number of nitrogens with two attached hydrogens (primary N) is 1. The maximum atomic E-state index is 10.5. The summed E-state index contributed by atoms with van der Waals surface area (Å²) in [6, 6.07) is -0.594. The van der Waals surface area contributed by atoms with Crippen LogP contribution in [0.5, 0.6) is 0 Å². The molecule has 5 heteroatoms. The van der Waals surface area contributed by atoms with Gasteiger partial charge in [0.05, 0.1) is 0 Å². The van der Waals surface area contributed by atoms with Gasteiger partial charge in [-0.2, -0.15) is 16.9 Å². The van der Waals surface area contributed by atoms with Gasteiger partial charge in [0, 0.05) is 22.1 Å². The van der Waals surface area contributed by atoms with E-state index in [0.717, 1.165) is 12.1 Å². The second kappa shape index (κ2) is 4.68. The molecule has 1 rings (SSSR count). The lowest BCUT2D eigenvalue weighted by molar-refractivity contribution is 0.249. The van der Waals surface area contributed by atoms with Gasteiger partial charge in [-0.3, -0.25) is 0 Å². The van der Waals surface area contributed by atoms with Gasteiger partial charge >= 0.3 is 6.03 Å². The Morgan fingerprint density at radius 1 is 1.57 bits per heavy atom. The largest absolute Gasteiger partial charge is 0.350 e. The molecule has 0 spiro atoms. The quantitative estimate of drug-likeness (QED) is 0.652. The fraction of sp³-hybridized carbons (Fsp3) is 0.778. The molecule has 14 heavy (non-hydrogen) atoms. The summed E-state index contributed by atoms with van der Waals surface area (Å²) in [6.07, 6.45) is 0.927. The van der Waals surface area contributed by atoms with E-state index in [0.29, 0.717) is 16.4 Å². The molecular formula is C9H17N3OS. The lowest BCUT2D eigenvalue weighted by Gasteiger charge is -2.30. The van der Waals surface area contributed by atoms with Crippen molar-refractivity contribution in [2.75, 3.05) is 0 Å². The van der Waals surface area contributed by atoms with Crippen LogP contribution in [0.2, 0.25) is 0 Å². The Bertz CT molecular complexity index is 254. The van der Waals surface area contributed by atoms with Crippen LogP contribution in [0.25, 0.3) is 0 Å². The molecule has 0 radical (unpaired) electrons. The Balaban J connectivity index is 2.65. The number of rotatable bonds is 1. The first-order valence-corrected chi connectivity index (χ1v) is 5.72. The molecule has 0 bridgehead atoms. The Hall–Kier alpha value is -0.710. The van der Waals surface area contributed by atoms with E-state index in [9.17, 15) is 4.79 Å². The van der Waals surface area contributed by atoms with E-state index in [-0.39, 0.29) is 0 Å². The summed E-state index contributed by atoms with van der Waals surface area (Å²) in [5.41, 5.74) is 8.31. The van der Waals surface area contributed by atoms with Crippen LogP contribution in [0.1, 0.15) is 27.2 Å². The van der Waals surface area contributed by atoms with E-state index < -0.39 is 6.03 Å². The summed E-state index contributed by atoms with van der Waals surface area (Å²) in [5, 5.41) is 5.16. The minimum Gasteiger partial charge on any atom is -0.350 e. The highest BCUT2D eigenvalue weighted by molar-refractivity contribution is 8.00. The van der Waals surface area contributed by atoms with Crippen molar-refractivity contribution in [2.24, 2.45) is 16.8 Å². The molecule has 3 atom stereocenters. The molecule has 3 N–H and O–H groups in total. The Kier molecular flexibility index (Phi) is 3.80. The standard InChI is InChI=1S/C9H17N3OS/c1-5-4-8(11-12-9(10)13)6(2)7(3)14-5/h5-7H,4H2,1-3H3,(H3,10,12,13)/b11-8+/t5-,6+,7+/m0/s1. The molecule has 4 nitrogen and oxygen atoms in total. The minimum atomic E-state index is -0.594. The fourth-order valence-corrected chi connectivity index (χ4v) is 2.95. The van der Waals surface area contributed by atoms with Crippen molar-refractivity contribution in [3.05, 3.63) is 0 Å². The van der Waals surface area contributed by atoms with Gasteiger partial charge in [0.25, 0.3) is 0 Å². The van der Waals surface area contributed by atoms with Gasteiger partial charge in [-0.25, -0.2) is 10.2 Å². The fourth-order valence-electron chi connectivity index (χ4n) is 1.56. The minimum absolute atomic E-state index is 0.406. The first-order chi connectivity index (χ1) is 6.50. The summed E-state index contributed by atoms with van der Waals surface area (Å²) >= 11 is 1.96. The van der Waals surface area contributed by atoms with Crippen LogP contribution >= 0.6 is 11.8 Å². The molecule has 1 aliphatic heterocycles. The van der Waals surface area contributed by atoms with Gasteiger partial charge in [-0.05, 0) is 6.42 Å². The third-order valence-corrected chi connectivity index (χ3v) is 3.95. The molecule has 1 saturated heterocycles. The molecule has 80 valence electrons. The number of primary amides is 1. The van der Waals surface area contributed by atoms with E-state index >= 15 is 0 Å². The van der Waals surface area contributed by atoms with Crippen LogP contribution in [-0.4, -0.2) is 22.2 Å². The van der Waals surface area contributed by atoms with Crippen molar-refractivity contribution in [3.8, 4) is 0 Å². The lowest BCUT2D eigenvalue weighted by atomic mass is 9.98. The highest BCUT2D eigenvalue weighted by atomic mass is 32.2. The number of carbonyl (C=O) groups is 1. The average Bonchev–Trinajstić information content (AvgIpc) is 2.08. The molecule has 2 amide bonds. The van der Waals surface area contributed by atoms with Crippen LogP contribution < -0.4 is 11.2 Å². The van der Waals surface area contributed by atoms with E-state index in [1.54, 1.807) is 0 Å². The highest BCUT2D eigenvalue weighted by Gasteiger charge is 2.27. The molecule has 0 aromatic heterocycles. The predicted octanol–water partition coefficient (Wildman–Crippen LogP) is 1.56. The molecule has 0 unspecified atom stereocenters.